The monoisotopic (exact) mass is 175 g/mol. The molecule has 1 aliphatic carbocycles. The smallest absolute Gasteiger partial charge is 0.00391 e. The molecule has 0 saturated heterocycles. The van der Waals surface area contributed by atoms with E-state index in [1.807, 2.05) is 0 Å². The molecule has 0 radical (unpaired) electrons. The molecular formula is C12H17N. The summed E-state index contributed by atoms with van der Waals surface area (Å²) in [7, 11) is 0. The molecule has 0 amide bonds. The van der Waals surface area contributed by atoms with E-state index < -0.39 is 0 Å². The van der Waals surface area contributed by atoms with E-state index in [2.05, 4.69) is 37.3 Å². The molecule has 1 heteroatoms. The van der Waals surface area contributed by atoms with E-state index in [0.29, 0.717) is 6.04 Å². The summed E-state index contributed by atoms with van der Waals surface area (Å²) in [4.78, 5) is 0. The van der Waals surface area contributed by atoms with Gasteiger partial charge in [0.25, 0.3) is 0 Å². The quantitative estimate of drug-likeness (QED) is 0.734. The van der Waals surface area contributed by atoms with E-state index in [1.54, 1.807) is 0 Å². The molecular weight excluding hydrogens is 158 g/mol. The Morgan fingerprint density at radius 2 is 1.85 bits per heavy atom. The first-order chi connectivity index (χ1) is 6.27. The van der Waals surface area contributed by atoms with Crippen molar-refractivity contribution in [2.24, 2.45) is 11.7 Å². The van der Waals surface area contributed by atoms with Crippen LogP contribution in [-0.2, 0) is 0 Å². The summed E-state index contributed by atoms with van der Waals surface area (Å²) in [6.45, 7) is 2.12. The molecule has 2 rings (SSSR count). The maximum absolute atomic E-state index is 5.84. The Labute approximate surface area is 80.0 Å². The van der Waals surface area contributed by atoms with Gasteiger partial charge < -0.3 is 5.73 Å². The van der Waals surface area contributed by atoms with Crippen LogP contribution in [-0.4, -0.2) is 6.04 Å². The zero-order valence-corrected chi connectivity index (χ0v) is 8.11. The minimum atomic E-state index is 0.375. The Morgan fingerprint density at radius 1 is 1.23 bits per heavy atom. The van der Waals surface area contributed by atoms with Crippen LogP contribution in [0.5, 0.6) is 0 Å². The van der Waals surface area contributed by atoms with Crippen LogP contribution >= 0.6 is 0 Å². The van der Waals surface area contributed by atoms with Crippen molar-refractivity contribution in [2.75, 3.05) is 0 Å². The SMILES string of the molecule is C[C@H](N)C1CC(c2ccccc2)C1. The largest absolute Gasteiger partial charge is 0.328 e. The van der Waals surface area contributed by atoms with Gasteiger partial charge in [-0.25, -0.2) is 0 Å². The Balaban J connectivity index is 1.94. The Bertz CT molecular complexity index is 260. The third kappa shape index (κ3) is 1.75. The summed E-state index contributed by atoms with van der Waals surface area (Å²) in [5.41, 5.74) is 7.32. The molecule has 0 spiro atoms. The molecule has 0 heterocycles. The van der Waals surface area contributed by atoms with Crippen LogP contribution < -0.4 is 5.73 Å². The average molecular weight is 175 g/mol. The molecule has 1 atom stereocenters. The lowest BCUT2D eigenvalue weighted by Gasteiger charge is -2.38. The molecule has 0 aromatic heterocycles. The molecule has 1 fully saturated rings. The summed E-state index contributed by atoms with van der Waals surface area (Å²) >= 11 is 0. The molecule has 0 bridgehead atoms. The molecule has 1 aliphatic rings. The molecule has 1 saturated carbocycles. The van der Waals surface area contributed by atoms with Crippen LogP contribution in [0.3, 0.4) is 0 Å². The van der Waals surface area contributed by atoms with Gasteiger partial charge in [-0.05, 0) is 37.2 Å². The third-order valence-corrected chi connectivity index (χ3v) is 3.19. The fourth-order valence-electron chi connectivity index (χ4n) is 2.09. The molecule has 1 aromatic rings. The second-order valence-corrected chi connectivity index (χ2v) is 4.20. The zero-order valence-electron chi connectivity index (χ0n) is 8.11. The van der Waals surface area contributed by atoms with E-state index in [0.717, 1.165) is 11.8 Å². The zero-order chi connectivity index (χ0) is 9.26. The lowest BCUT2D eigenvalue weighted by atomic mass is 9.69. The third-order valence-electron chi connectivity index (χ3n) is 3.19. The fraction of sp³-hybridized carbons (Fsp3) is 0.500. The summed E-state index contributed by atoms with van der Waals surface area (Å²) in [6, 6.07) is 11.1. The van der Waals surface area contributed by atoms with Crippen LogP contribution in [0.1, 0.15) is 31.2 Å². The second kappa shape index (κ2) is 3.51. The van der Waals surface area contributed by atoms with Crippen LogP contribution in [0.2, 0.25) is 0 Å². The number of hydrogen-bond donors (Lipinski definition) is 1. The van der Waals surface area contributed by atoms with Gasteiger partial charge in [-0.15, -0.1) is 0 Å². The Hall–Kier alpha value is -0.820. The summed E-state index contributed by atoms with van der Waals surface area (Å²) in [6.07, 6.45) is 2.56. The van der Waals surface area contributed by atoms with Crippen LogP contribution in [0.25, 0.3) is 0 Å². The lowest BCUT2D eigenvalue weighted by Crippen LogP contribution is -2.35. The normalized spacial score (nSPS) is 29.4. The van der Waals surface area contributed by atoms with Gasteiger partial charge in [-0.3, -0.25) is 0 Å². The maximum Gasteiger partial charge on any atom is 0.00391 e. The first-order valence-electron chi connectivity index (χ1n) is 5.08. The predicted octanol–water partition coefficient (Wildman–Crippen LogP) is 2.53. The highest BCUT2D eigenvalue weighted by molar-refractivity contribution is 5.22. The van der Waals surface area contributed by atoms with E-state index in [9.17, 15) is 0 Å². The summed E-state index contributed by atoms with van der Waals surface area (Å²) < 4.78 is 0. The summed E-state index contributed by atoms with van der Waals surface area (Å²) in [5.74, 6) is 1.53. The van der Waals surface area contributed by atoms with Crippen molar-refractivity contribution in [1.29, 1.82) is 0 Å². The van der Waals surface area contributed by atoms with Crippen LogP contribution in [0.15, 0.2) is 30.3 Å². The van der Waals surface area contributed by atoms with Crippen molar-refractivity contribution < 1.29 is 0 Å². The van der Waals surface area contributed by atoms with Crippen molar-refractivity contribution in [1.82, 2.24) is 0 Å². The molecule has 0 aliphatic heterocycles. The van der Waals surface area contributed by atoms with Gasteiger partial charge >= 0.3 is 0 Å². The number of benzene rings is 1. The predicted molar refractivity (Wildman–Crippen MR) is 55.6 cm³/mol. The van der Waals surface area contributed by atoms with Gasteiger partial charge in [0.05, 0.1) is 0 Å². The van der Waals surface area contributed by atoms with Crippen LogP contribution in [0, 0.1) is 5.92 Å². The first kappa shape index (κ1) is 8.76. The molecule has 13 heavy (non-hydrogen) atoms. The van der Waals surface area contributed by atoms with Crippen molar-refractivity contribution in [2.45, 2.75) is 31.7 Å². The van der Waals surface area contributed by atoms with Crippen LogP contribution in [0.4, 0.5) is 0 Å². The van der Waals surface area contributed by atoms with E-state index in [4.69, 9.17) is 5.73 Å². The van der Waals surface area contributed by atoms with E-state index in [-0.39, 0.29) is 0 Å². The number of hydrogen-bond acceptors (Lipinski definition) is 1. The van der Waals surface area contributed by atoms with Crippen molar-refractivity contribution in [3.8, 4) is 0 Å². The number of rotatable bonds is 2. The number of nitrogens with two attached hydrogens (primary N) is 1. The average Bonchev–Trinajstić information content (AvgIpc) is 2.02. The van der Waals surface area contributed by atoms with Gasteiger partial charge in [0, 0.05) is 6.04 Å². The molecule has 1 aromatic carbocycles. The Kier molecular flexibility index (Phi) is 2.36. The van der Waals surface area contributed by atoms with Crippen molar-refractivity contribution in [3.63, 3.8) is 0 Å². The van der Waals surface area contributed by atoms with E-state index >= 15 is 0 Å². The standard InChI is InChI=1S/C12H17N/c1-9(13)11-7-12(8-11)10-5-3-2-4-6-10/h2-6,9,11-12H,7-8,13H2,1H3/t9-,11?,12?/m0/s1. The van der Waals surface area contributed by atoms with E-state index in [1.165, 1.54) is 18.4 Å². The second-order valence-electron chi connectivity index (χ2n) is 4.20. The molecule has 1 nitrogen and oxygen atoms in total. The fourth-order valence-corrected chi connectivity index (χ4v) is 2.09. The summed E-state index contributed by atoms with van der Waals surface area (Å²) in [5, 5.41) is 0. The Morgan fingerprint density at radius 3 is 2.38 bits per heavy atom. The maximum atomic E-state index is 5.84. The van der Waals surface area contributed by atoms with Gasteiger partial charge in [0.1, 0.15) is 0 Å². The highest BCUT2D eigenvalue weighted by Gasteiger charge is 2.32. The molecule has 2 N–H and O–H groups in total. The van der Waals surface area contributed by atoms with Gasteiger partial charge in [0.15, 0.2) is 0 Å². The van der Waals surface area contributed by atoms with Gasteiger partial charge in [-0.2, -0.15) is 0 Å². The van der Waals surface area contributed by atoms with Gasteiger partial charge in [-0.1, -0.05) is 30.3 Å². The topological polar surface area (TPSA) is 26.0 Å². The van der Waals surface area contributed by atoms with Crippen molar-refractivity contribution in [3.05, 3.63) is 35.9 Å². The minimum absolute atomic E-state index is 0.375. The highest BCUT2D eigenvalue weighted by Crippen LogP contribution is 2.42. The minimum Gasteiger partial charge on any atom is -0.328 e. The first-order valence-corrected chi connectivity index (χ1v) is 5.08. The molecule has 0 unspecified atom stereocenters. The van der Waals surface area contributed by atoms with Crippen molar-refractivity contribution >= 4 is 0 Å². The van der Waals surface area contributed by atoms with Gasteiger partial charge in [0.2, 0.25) is 0 Å². The lowest BCUT2D eigenvalue weighted by molar-refractivity contribution is 0.229. The molecule has 70 valence electrons. The highest BCUT2D eigenvalue weighted by atomic mass is 14.6.